The summed E-state index contributed by atoms with van der Waals surface area (Å²) < 4.78 is 27.8. The smallest absolute Gasteiger partial charge is 0.261 e. The van der Waals surface area contributed by atoms with E-state index in [1.54, 1.807) is 60.1 Å². The number of amides is 1. The van der Waals surface area contributed by atoms with Crippen molar-refractivity contribution in [1.29, 1.82) is 0 Å². The van der Waals surface area contributed by atoms with Gasteiger partial charge in [-0.3, -0.25) is 9.52 Å². The van der Waals surface area contributed by atoms with Gasteiger partial charge in [-0.2, -0.15) is 0 Å². The molecule has 0 aliphatic heterocycles. The number of nitrogens with zero attached hydrogens (tertiary/aromatic N) is 1. The Morgan fingerprint density at radius 2 is 1.67 bits per heavy atom. The van der Waals surface area contributed by atoms with Crippen LogP contribution in [0.3, 0.4) is 0 Å². The molecule has 0 saturated carbocycles. The zero-order chi connectivity index (χ0) is 23.3. The lowest BCUT2D eigenvalue weighted by Crippen LogP contribution is -2.18. The van der Waals surface area contributed by atoms with Crippen LogP contribution in [0.1, 0.15) is 16.4 Å². The first-order valence-corrected chi connectivity index (χ1v) is 13.3. The fourth-order valence-electron chi connectivity index (χ4n) is 3.03. The molecule has 4 rings (SSSR count). The number of benzene rings is 3. The van der Waals surface area contributed by atoms with Crippen molar-refractivity contribution in [2.75, 3.05) is 10.0 Å². The van der Waals surface area contributed by atoms with Crippen LogP contribution in [0.5, 0.6) is 0 Å². The summed E-state index contributed by atoms with van der Waals surface area (Å²) >= 11 is 2.74. The van der Waals surface area contributed by atoms with Crippen LogP contribution in [-0.4, -0.2) is 19.3 Å². The van der Waals surface area contributed by atoms with Crippen LogP contribution in [0.4, 0.5) is 10.8 Å². The molecule has 3 aromatic carbocycles. The molecular formula is C24H21N3O3S3. The van der Waals surface area contributed by atoms with E-state index in [9.17, 15) is 13.2 Å². The predicted molar refractivity (Wildman–Crippen MR) is 134 cm³/mol. The molecule has 0 fully saturated rings. The molecule has 1 aromatic heterocycles. The van der Waals surface area contributed by atoms with Crippen molar-refractivity contribution >= 4 is 49.8 Å². The summed E-state index contributed by atoms with van der Waals surface area (Å²) in [6.45, 7) is 1.90. The van der Waals surface area contributed by atoms with Crippen LogP contribution >= 0.6 is 23.1 Å². The lowest BCUT2D eigenvalue weighted by atomic mass is 10.1. The minimum atomic E-state index is -3.68. The van der Waals surface area contributed by atoms with E-state index in [1.807, 2.05) is 37.3 Å². The van der Waals surface area contributed by atoms with Crippen LogP contribution < -0.4 is 10.0 Å². The molecule has 0 bridgehead atoms. The fraction of sp³-hybridized carbons (Fsp3) is 0.0833. The number of aryl methyl sites for hydroxylation is 1. The van der Waals surface area contributed by atoms with E-state index in [0.29, 0.717) is 10.8 Å². The highest BCUT2D eigenvalue weighted by molar-refractivity contribution is 8.00. The van der Waals surface area contributed by atoms with Gasteiger partial charge in [-0.1, -0.05) is 48.0 Å². The molecule has 0 saturated heterocycles. The number of rotatable bonds is 8. The number of thiazole rings is 1. The summed E-state index contributed by atoms with van der Waals surface area (Å²) in [6.07, 6.45) is 1.64. The predicted octanol–water partition coefficient (Wildman–Crippen LogP) is 5.72. The molecule has 0 aliphatic rings. The van der Waals surface area contributed by atoms with Gasteiger partial charge in [0.05, 0.1) is 4.90 Å². The van der Waals surface area contributed by atoms with Gasteiger partial charge < -0.3 is 5.32 Å². The van der Waals surface area contributed by atoms with Crippen molar-refractivity contribution in [1.82, 2.24) is 4.98 Å². The van der Waals surface area contributed by atoms with Crippen molar-refractivity contribution in [3.63, 3.8) is 0 Å². The van der Waals surface area contributed by atoms with Gasteiger partial charge >= 0.3 is 0 Å². The third-order valence-electron chi connectivity index (χ3n) is 4.69. The number of nitrogens with one attached hydrogen (secondary N) is 2. The number of aromatic nitrogens is 1. The largest absolute Gasteiger partial charge is 0.301 e. The lowest BCUT2D eigenvalue weighted by molar-refractivity contribution is -0.115. The summed E-state index contributed by atoms with van der Waals surface area (Å²) in [5, 5.41) is 4.71. The molecule has 1 amide bonds. The van der Waals surface area contributed by atoms with Crippen molar-refractivity contribution < 1.29 is 13.2 Å². The molecule has 1 heterocycles. The topological polar surface area (TPSA) is 88.2 Å². The van der Waals surface area contributed by atoms with Gasteiger partial charge in [-0.15, -0.1) is 23.1 Å². The zero-order valence-corrected chi connectivity index (χ0v) is 20.1. The maximum Gasteiger partial charge on any atom is 0.261 e. The standard InChI is InChI=1S/C24H21N3O3S3/c1-17-7-13-21(14-8-17)33(29,30)27-19-9-11-20(12-10-19)32-22(18-5-3-2-4-6-18)23(28)26-24-25-15-16-31-24/h2-16,22,27H,1H3,(H,25,26,28). The number of anilines is 2. The molecule has 168 valence electrons. The Kier molecular flexibility index (Phi) is 7.12. The number of thioether (sulfide) groups is 1. The highest BCUT2D eigenvalue weighted by Gasteiger charge is 2.23. The van der Waals surface area contributed by atoms with E-state index >= 15 is 0 Å². The Labute approximate surface area is 201 Å². The molecular weight excluding hydrogens is 474 g/mol. The summed E-state index contributed by atoms with van der Waals surface area (Å²) in [5.41, 5.74) is 2.30. The second-order valence-electron chi connectivity index (χ2n) is 7.18. The molecule has 2 N–H and O–H groups in total. The van der Waals surface area contributed by atoms with Crippen molar-refractivity contribution in [2.45, 2.75) is 22.0 Å². The highest BCUT2D eigenvalue weighted by atomic mass is 32.2. The van der Waals surface area contributed by atoms with Crippen molar-refractivity contribution in [3.05, 3.63) is 102 Å². The van der Waals surface area contributed by atoms with E-state index < -0.39 is 15.3 Å². The normalized spacial score (nSPS) is 12.2. The third-order valence-corrected chi connectivity index (χ3v) is 8.05. The maximum atomic E-state index is 13.0. The number of hydrogen-bond donors (Lipinski definition) is 2. The Morgan fingerprint density at radius 3 is 2.30 bits per heavy atom. The van der Waals surface area contributed by atoms with E-state index in [0.717, 1.165) is 16.0 Å². The Morgan fingerprint density at radius 1 is 0.970 bits per heavy atom. The first-order chi connectivity index (χ1) is 15.9. The molecule has 9 heteroatoms. The number of carbonyl (C=O) groups is 1. The summed E-state index contributed by atoms with van der Waals surface area (Å²) in [5.74, 6) is -0.176. The summed E-state index contributed by atoms with van der Waals surface area (Å²) in [4.78, 5) is 18.2. The quantitative estimate of drug-likeness (QED) is 0.305. The Bertz CT molecular complexity index is 1310. The average Bonchev–Trinajstić information content (AvgIpc) is 3.32. The van der Waals surface area contributed by atoms with Gasteiger partial charge in [0, 0.05) is 22.2 Å². The van der Waals surface area contributed by atoms with Crippen molar-refractivity contribution in [3.8, 4) is 0 Å². The summed E-state index contributed by atoms with van der Waals surface area (Å²) in [6, 6.07) is 23.1. The van der Waals surface area contributed by atoms with E-state index in [-0.39, 0.29) is 10.8 Å². The number of hydrogen-bond acceptors (Lipinski definition) is 6. The van der Waals surface area contributed by atoms with Gasteiger partial charge in [0.2, 0.25) is 5.91 Å². The Balaban J connectivity index is 1.50. The molecule has 0 aliphatic carbocycles. The third kappa shape index (κ3) is 6.01. The Hall–Kier alpha value is -3.14. The van der Waals surface area contributed by atoms with Crippen LogP contribution in [0.2, 0.25) is 0 Å². The molecule has 1 atom stereocenters. The van der Waals surface area contributed by atoms with Gasteiger partial charge in [0.15, 0.2) is 5.13 Å². The SMILES string of the molecule is Cc1ccc(S(=O)(=O)Nc2ccc(SC(C(=O)Nc3nccs3)c3ccccc3)cc2)cc1. The maximum absolute atomic E-state index is 13.0. The second-order valence-corrected chi connectivity index (χ2v) is 10.9. The molecule has 33 heavy (non-hydrogen) atoms. The van der Waals surface area contributed by atoms with E-state index in [1.165, 1.54) is 23.1 Å². The first-order valence-electron chi connectivity index (χ1n) is 10.0. The molecule has 0 spiro atoms. The second kappa shape index (κ2) is 10.2. The van der Waals surface area contributed by atoms with Gasteiger partial charge in [0.25, 0.3) is 10.0 Å². The summed E-state index contributed by atoms with van der Waals surface area (Å²) in [7, 11) is -3.68. The zero-order valence-electron chi connectivity index (χ0n) is 17.6. The van der Waals surface area contributed by atoms with Gasteiger partial charge in [-0.05, 0) is 48.9 Å². The molecule has 0 radical (unpaired) electrons. The minimum Gasteiger partial charge on any atom is -0.301 e. The number of sulfonamides is 1. The minimum absolute atomic E-state index is 0.176. The van der Waals surface area contributed by atoms with Gasteiger partial charge in [-0.25, -0.2) is 13.4 Å². The average molecular weight is 496 g/mol. The monoisotopic (exact) mass is 495 g/mol. The van der Waals surface area contributed by atoms with Crippen LogP contribution in [-0.2, 0) is 14.8 Å². The van der Waals surface area contributed by atoms with Crippen LogP contribution in [0, 0.1) is 6.92 Å². The van der Waals surface area contributed by atoms with Crippen LogP contribution in [0.15, 0.2) is 100 Å². The van der Waals surface area contributed by atoms with E-state index in [4.69, 9.17) is 0 Å². The van der Waals surface area contributed by atoms with Crippen molar-refractivity contribution in [2.24, 2.45) is 0 Å². The van der Waals surface area contributed by atoms with E-state index in [2.05, 4.69) is 15.0 Å². The highest BCUT2D eigenvalue weighted by Crippen LogP contribution is 2.37. The first kappa shape index (κ1) is 23.0. The molecule has 1 unspecified atom stereocenters. The fourth-order valence-corrected chi connectivity index (χ4v) is 5.64. The van der Waals surface area contributed by atoms with Crippen LogP contribution in [0.25, 0.3) is 0 Å². The molecule has 4 aromatic rings. The molecule has 6 nitrogen and oxygen atoms in total. The number of carbonyl (C=O) groups excluding carboxylic acids is 1. The van der Waals surface area contributed by atoms with Gasteiger partial charge in [0.1, 0.15) is 5.25 Å². The lowest BCUT2D eigenvalue weighted by Gasteiger charge is -2.16.